The summed E-state index contributed by atoms with van der Waals surface area (Å²) in [5, 5.41) is 4.30. The van der Waals surface area contributed by atoms with Gasteiger partial charge in [0.25, 0.3) is 5.22 Å². The van der Waals surface area contributed by atoms with E-state index in [0.29, 0.717) is 11.0 Å². The highest BCUT2D eigenvalue weighted by Gasteiger charge is 2.05. The van der Waals surface area contributed by atoms with E-state index in [2.05, 4.69) is 16.4 Å². The topological polar surface area (TPSA) is 38.9 Å². The Balaban J connectivity index is 2.36. The molecular weight excluding hydrogens is 184 g/mol. The lowest BCUT2D eigenvalue weighted by Gasteiger charge is -1.89. The van der Waals surface area contributed by atoms with Gasteiger partial charge in [-0.2, -0.15) is 4.98 Å². The normalized spacial score (nSPS) is 10.2. The zero-order valence-corrected chi connectivity index (χ0v) is 7.62. The van der Waals surface area contributed by atoms with Gasteiger partial charge in [0.15, 0.2) is 0 Å². The minimum absolute atomic E-state index is 0.485. The number of nitrogens with zero attached hydrogens (tertiary/aromatic N) is 2. The first-order valence-electron chi connectivity index (χ1n) is 3.71. The van der Waals surface area contributed by atoms with Crippen LogP contribution in [0.4, 0.5) is 0 Å². The molecule has 3 nitrogen and oxygen atoms in total. The molecule has 0 fully saturated rings. The number of hydrogen-bond acceptors (Lipinski definition) is 4. The fraction of sp³-hybridized carbons (Fsp3) is 0. The summed E-state index contributed by atoms with van der Waals surface area (Å²) >= 11 is 1.19. The van der Waals surface area contributed by atoms with E-state index in [-0.39, 0.29) is 0 Å². The first kappa shape index (κ1) is 8.31. The fourth-order valence-corrected chi connectivity index (χ4v) is 1.21. The molecule has 2 aromatic rings. The zero-order chi connectivity index (χ0) is 9.10. The molecule has 0 bridgehead atoms. The van der Waals surface area contributed by atoms with Gasteiger partial charge in [-0.1, -0.05) is 47.3 Å². The molecule has 0 saturated heterocycles. The van der Waals surface area contributed by atoms with Crippen LogP contribution in [0.25, 0.3) is 11.4 Å². The largest absolute Gasteiger partial charge is 0.327 e. The molecule has 0 spiro atoms. The molecule has 1 heterocycles. The van der Waals surface area contributed by atoms with Crippen molar-refractivity contribution in [2.24, 2.45) is 0 Å². The maximum Gasteiger partial charge on any atom is 0.286 e. The zero-order valence-electron chi connectivity index (χ0n) is 6.80. The van der Waals surface area contributed by atoms with E-state index in [1.807, 2.05) is 30.3 Å². The highest BCUT2D eigenvalue weighted by molar-refractivity contribution is 8.00. The molecule has 2 rings (SSSR count). The van der Waals surface area contributed by atoms with Gasteiger partial charge in [-0.15, -0.1) is 0 Å². The summed E-state index contributed by atoms with van der Waals surface area (Å²) in [5.74, 6) is 0.603. The summed E-state index contributed by atoms with van der Waals surface area (Å²) in [6, 6.07) is 9.68. The quantitative estimate of drug-likeness (QED) is 0.684. The lowest BCUT2D eigenvalue weighted by molar-refractivity contribution is 0.342. The summed E-state index contributed by atoms with van der Waals surface area (Å²) in [5.41, 5.74) is 0.951. The molecule has 1 aromatic carbocycles. The Morgan fingerprint density at radius 3 is 2.62 bits per heavy atom. The minimum atomic E-state index is 0.485. The van der Waals surface area contributed by atoms with Crippen LogP contribution in [0.5, 0.6) is 0 Å². The summed E-state index contributed by atoms with van der Waals surface area (Å²) in [6.45, 7) is 0. The molecule has 0 aliphatic heterocycles. The van der Waals surface area contributed by atoms with Crippen LogP contribution in [0.2, 0.25) is 0 Å². The molecule has 0 unspecified atom stereocenters. The van der Waals surface area contributed by atoms with Crippen molar-refractivity contribution in [2.75, 3.05) is 0 Å². The molecule has 0 atom stereocenters. The second-order valence-electron chi connectivity index (χ2n) is 2.39. The van der Waals surface area contributed by atoms with E-state index < -0.39 is 0 Å². The first-order chi connectivity index (χ1) is 6.40. The predicted molar refractivity (Wildman–Crippen MR) is 50.9 cm³/mol. The van der Waals surface area contributed by atoms with Crippen LogP contribution in [0, 0.1) is 6.26 Å². The van der Waals surface area contributed by atoms with Crippen LogP contribution in [-0.4, -0.2) is 10.1 Å². The van der Waals surface area contributed by atoms with Crippen molar-refractivity contribution >= 4 is 11.8 Å². The number of hydrogen-bond donors (Lipinski definition) is 0. The van der Waals surface area contributed by atoms with Crippen molar-refractivity contribution in [2.45, 2.75) is 5.22 Å². The summed E-state index contributed by atoms with van der Waals surface area (Å²) in [6.07, 6.45) is 3.58. The summed E-state index contributed by atoms with van der Waals surface area (Å²) in [7, 11) is 0. The molecule has 1 radical (unpaired) electrons. The molecule has 0 saturated carbocycles. The smallest absolute Gasteiger partial charge is 0.286 e. The molecular formula is C9H7N2OS. The highest BCUT2D eigenvalue weighted by atomic mass is 32.2. The average Bonchev–Trinajstić information content (AvgIpc) is 2.67. The molecule has 4 heteroatoms. The van der Waals surface area contributed by atoms with Crippen molar-refractivity contribution in [3.8, 4) is 11.4 Å². The van der Waals surface area contributed by atoms with Gasteiger partial charge in [0, 0.05) is 11.8 Å². The van der Waals surface area contributed by atoms with Crippen molar-refractivity contribution < 1.29 is 4.52 Å². The van der Waals surface area contributed by atoms with Gasteiger partial charge >= 0.3 is 0 Å². The third kappa shape index (κ3) is 1.72. The van der Waals surface area contributed by atoms with Crippen LogP contribution >= 0.6 is 11.8 Å². The van der Waals surface area contributed by atoms with Gasteiger partial charge < -0.3 is 4.52 Å². The molecule has 0 N–H and O–H groups in total. The van der Waals surface area contributed by atoms with Gasteiger partial charge in [0.2, 0.25) is 5.82 Å². The van der Waals surface area contributed by atoms with E-state index in [1.165, 1.54) is 11.8 Å². The van der Waals surface area contributed by atoms with Crippen molar-refractivity contribution in [3.05, 3.63) is 36.6 Å². The second kappa shape index (κ2) is 3.62. The molecule has 13 heavy (non-hydrogen) atoms. The Hall–Kier alpha value is -1.29. The van der Waals surface area contributed by atoms with Gasteiger partial charge in [-0.05, 0) is 0 Å². The Morgan fingerprint density at radius 1 is 1.23 bits per heavy atom. The molecule has 0 amide bonds. The van der Waals surface area contributed by atoms with Crippen LogP contribution in [0.1, 0.15) is 0 Å². The Morgan fingerprint density at radius 2 is 2.00 bits per heavy atom. The van der Waals surface area contributed by atoms with Gasteiger partial charge in [-0.25, -0.2) is 0 Å². The minimum Gasteiger partial charge on any atom is -0.327 e. The highest BCUT2D eigenvalue weighted by Crippen LogP contribution is 2.19. The second-order valence-corrected chi connectivity index (χ2v) is 3.03. The third-order valence-electron chi connectivity index (χ3n) is 1.56. The number of benzene rings is 1. The average molecular weight is 191 g/mol. The van der Waals surface area contributed by atoms with Gasteiger partial charge in [-0.3, -0.25) is 0 Å². The van der Waals surface area contributed by atoms with Gasteiger partial charge in [0.1, 0.15) is 0 Å². The van der Waals surface area contributed by atoms with Crippen LogP contribution < -0.4 is 0 Å². The molecule has 1 aromatic heterocycles. The maximum atomic E-state index is 4.91. The van der Waals surface area contributed by atoms with Gasteiger partial charge in [0.05, 0.1) is 0 Å². The summed E-state index contributed by atoms with van der Waals surface area (Å²) < 4.78 is 4.91. The third-order valence-corrected chi connectivity index (χ3v) is 1.98. The fourth-order valence-electron chi connectivity index (χ4n) is 0.973. The van der Waals surface area contributed by atoms with E-state index in [1.54, 1.807) is 0 Å². The van der Waals surface area contributed by atoms with E-state index >= 15 is 0 Å². The number of rotatable bonds is 2. The van der Waals surface area contributed by atoms with Crippen LogP contribution in [-0.2, 0) is 0 Å². The standard InChI is InChI=1S/C9H7N2OS/c1-13-9-10-8(11-12-9)7-5-3-2-4-6-7/h2-6H,1H2. The Labute approximate surface area is 80.2 Å². The lowest BCUT2D eigenvalue weighted by Crippen LogP contribution is -1.78. The van der Waals surface area contributed by atoms with E-state index in [4.69, 9.17) is 4.52 Å². The molecule has 65 valence electrons. The van der Waals surface area contributed by atoms with Crippen LogP contribution in [0.3, 0.4) is 0 Å². The lowest BCUT2D eigenvalue weighted by atomic mass is 10.2. The Bertz CT molecular complexity index is 386. The first-order valence-corrected chi connectivity index (χ1v) is 4.70. The van der Waals surface area contributed by atoms with E-state index in [0.717, 1.165) is 5.56 Å². The predicted octanol–water partition coefficient (Wildman–Crippen LogP) is 2.62. The van der Waals surface area contributed by atoms with E-state index in [9.17, 15) is 0 Å². The molecule has 0 aliphatic carbocycles. The van der Waals surface area contributed by atoms with Crippen molar-refractivity contribution in [3.63, 3.8) is 0 Å². The SMILES string of the molecule is [CH2]Sc1nc(-c2ccccc2)no1. The number of aromatic nitrogens is 2. The molecule has 0 aliphatic rings. The monoisotopic (exact) mass is 191 g/mol. The Kier molecular flexibility index (Phi) is 2.31. The summed E-state index contributed by atoms with van der Waals surface area (Å²) in [4.78, 5) is 4.12. The van der Waals surface area contributed by atoms with Crippen molar-refractivity contribution in [1.29, 1.82) is 0 Å². The number of thioether (sulfide) groups is 1. The van der Waals surface area contributed by atoms with Crippen LogP contribution in [0.15, 0.2) is 40.1 Å². The van der Waals surface area contributed by atoms with Crippen molar-refractivity contribution in [1.82, 2.24) is 10.1 Å². The maximum absolute atomic E-state index is 4.91.